The minimum atomic E-state index is -4.55. The van der Waals surface area contributed by atoms with Gasteiger partial charge in [0.1, 0.15) is 5.01 Å². The van der Waals surface area contributed by atoms with Crippen LogP contribution in [0.5, 0.6) is 0 Å². The molecule has 1 aliphatic rings. The van der Waals surface area contributed by atoms with Gasteiger partial charge in [0.15, 0.2) is 0 Å². The highest BCUT2D eigenvalue weighted by Gasteiger charge is 2.45. The summed E-state index contributed by atoms with van der Waals surface area (Å²) in [5.41, 5.74) is 5.31. The second kappa shape index (κ2) is 2.72. The van der Waals surface area contributed by atoms with Crippen LogP contribution in [0, 0.1) is 0 Å². The quantitative estimate of drug-likeness (QED) is 0.823. The van der Waals surface area contributed by atoms with Crippen molar-refractivity contribution in [2.75, 3.05) is 0 Å². The third-order valence-electron chi connectivity index (χ3n) is 2.46. The number of hydrogen-bond donors (Lipinski definition) is 1. The van der Waals surface area contributed by atoms with Crippen molar-refractivity contribution in [3.05, 3.63) is 10.8 Å². The van der Waals surface area contributed by atoms with Gasteiger partial charge in [-0.2, -0.15) is 22.8 Å². The molecule has 1 aliphatic carbocycles. The van der Waals surface area contributed by atoms with Gasteiger partial charge in [-0.3, -0.25) is 0 Å². The zero-order valence-corrected chi connectivity index (χ0v) is 8.64. The summed E-state index contributed by atoms with van der Waals surface area (Å²) >= 11 is 1.06. The Labute approximate surface area is 91.1 Å². The molecule has 2 aromatic rings. The zero-order chi connectivity index (χ0) is 11.6. The molecule has 9 heteroatoms. The van der Waals surface area contributed by atoms with Crippen molar-refractivity contribution in [1.82, 2.24) is 19.8 Å². The number of aromatic nitrogens is 4. The summed E-state index contributed by atoms with van der Waals surface area (Å²) in [5, 5.41) is 10.8. The lowest BCUT2D eigenvalue weighted by atomic mass is 10.3. The lowest BCUT2D eigenvalue weighted by Gasteiger charge is -2.02. The van der Waals surface area contributed by atoms with Crippen molar-refractivity contribution in [1.29, 1.82) is 0 Å². The van der Waals surface area contributed by atoms with Gasteiger partial charge in [0.05, 0.1) is 5.54 Å². The van der Waals surface area contributed by atoms with E-state index in [4.69, 9.17) is 5.73 Å². The Hall–Kier alpha value is -1.22. The second-order valence-electron chi connectivity index (χ2n) is 3.78. The fourth-order valence-corrected chi connectivity index (χ4v) is 2.34. The molecule has 0 aromatic carbocycles. The number of nitrogens with zero attached hydrogens (tertiary/aromatic N) is 4. The molecule has 0 unspecified atom stereocenters. The topological polar surface area (TPSA) is 69.1 Å². The number of rotatable bonds is 1. The van der Waals surface area contributed by atoms with Crippen LogP contribution < -0.4 is 5.73 Å². The molecule has 0 spiro atoms. The van der Waals surface area contributed by atoms with Gasteiger partial charge in [-0.25, -0.2) is 0 Å². The molecule has 2 N–H and O–H groups in total. The maximum absolute atomic E-state index is 12.5. The van der Waals surface area contributed by atoms with E-state index in [0.717, 1.165) is 24.2 Å². The third kappa shape index (κ3) is 1.31. The first-order chi connectivity index (χ1) is 7.40. The van der Waals surface area contributed by atoms with Crippen LogP contribution in [-0.2, 0) is 11.7 Å². The normalized spacial score (nSPS) is 19.2. The predicted octanol–water partition coefficient (Wildman–Crippen LogP) is 1.15. The largest absolute Gasteiger partial charge is 0.453 e. The molecule has 16 heavy (non-hydrogen) atoms. The molecule has 5 nitrogen and oxygen atoms in total. The molecular weight excluding hydrogens is 243 g/mol. The van der Waals surface area contributed by atoms with Gasteiger partial charge in [0, 0.05) is 0 Å². The Bertz CT molecular complexity index is 552. The van der Waals surface area contributed by atoms with Gasteiger partial charge in [0.2, 0.25) is 4.96 Å². The highest BCUT2D eigenvalue weighted by molar-refractivity contribution is 7.16. The lowest BCUT2D eigenvalue weighted by Crippen LogP contribution is -2.19. The molecule has 1 fully saturated rings. The van der Waals surface area contributed by atoms with E-state index >= 15 is 0 Å². The van der Waals surface area contributed by atoms with Gasteiger partial charge in [0.25, 0.3) is 5.82 Å². The lowest BCUT2D eigenvalue weighted by molar-refractivity contribution is -0.146. The molecule has 86 valence electrons. The van der Waals surface area contributed by atoms with E-state index in [0.29, 0.717) is 9.52 Å². The molecule has 0 aliphatic heterocycles. The van der Waals surface area contributed by atoms with E-state index in [-0.39, 0.29) is 4.96 Å². The van der Waals surface area contributed by atoms with Crippen molar-refractivity contribution in [2.24, 2.45) is 5.73 Å². The number of halogens is 3. The fraction of sp³-hybridized carbons (Fsp3) is 0.571. The Morgan fingerprint density at radius 2 is 2.00 bits per heavy atom. The smallest absolute Gasteiger partial charge is 0.319 e. The summed E-state index contributed by atoms with van der Waals surface area (Å²) in [4.78, 5) is 0.124. The van der Waals surface area contributed by atoms with Crippen molar-refractivity contribution in [3.8, 4) is 0 Å². The molecule has 0 amide bonds. The van der Waals surface area contributed by atoms with Crippen molar-refractivity contribution in [2.45, 2.75) is 24.6 Å². The number of hydrogen-bond acceptors (Lipinski definition) is 5. The number of fused-ring (bicyclic) bond motifs is 1. The summed E-state index contributed by atoms with van der Waals surface area (Å²) in [6, 6.07) is 0. The van der Waals surface area contributed by atoms with Crippen LogP contribution in [0.3, 0.4) is 0 Å². The van der Waals surface area contributed by atoms with Crippen molar-refractivity contribution < 1.29 is 13.2 Å². The Kier molecular flexibility index (Phi) is 1.69. The number of alkyl halides is 3. The van der Waals surface area contributed by atoms with Crippen LogP contribution in [0.2, 0.25) is 0 Å². The minimum absolute atomic E-state index is 0.124. The van der Waals surface area contributed by atoms with Crippen molar-refractivity contribution >= 4 is 16.3 Å². The summed E-state index contributed by atoms with van der Waals surface area (Å²) < 4.78 is 38.2. The molecule has 0 radical (unpaired) electrons. The van der Waals surface area contributed by atoms with Gasteiger partial charge in [-0.1, -0.05) is 11.3 Å². The summed E-state index contributed by atoms with van der Waals surface area (Å²) in [6.45, 7) is 0. The molecule has 0 saturated heterocycles. The summed E-state index contributed by atoms with van der Waals surface area (Å²) in [6.07, 6.45) is -3.05. The Balaban J connectivity index is 2.16. The van der Waals surface area contributed by atoms with E-state index in [2.05, 4.69) is 15.3 Å². The maximum atomic E-state index is 12.5. The van der Waals surface area contributed by atoms with Crippen LogP contribution in [0.25, 0.3) is 4.96 Å². The standard InChI is InChI=1S/C7H6F3N5S/c8-7(9,10)3-12-13-5-15(3)14-4(16-5)6(11)1-2-6/h1-2,11H2. The molecule has 2 heterocycles. The van der Waals surface area contributed by atoms with Crippen LogP contribution >= 0.6 is 11.3 Å². The molecule has 0 atom stereocenters. The van der Waals surface area contributed by atoms with E-state index < -0.39 is 17.5 Å². The minimum Gasteiger partial charge on any atom is -0.319 e. The first kappa shape index (κ1) is 9.97. The molecule has 3 rings (SSSR count). The fourth-order valence-electron chi connectivity index (χ4n) is 1.34. The van der Waals surface area contributed by atoms with Gasteiger partial charge in [-0.15, -0.1) is 10.2 Å². The van der Waals surface area contributed by atoms with E-state index in [1.54, 1.807) is 0 Å². The summed E-state index contributed by atoms with van der Waals surface area (Å²) in [5.74, 6) is -1.10. The maximum Gasteiger partial charge on any atom is 0.453 e. The van der Waals surface area contributed by atoms with Gasteiger partial charge < -0.3 is 5.73 Å². The van der Waals surface area contributed by atoms with Crippen LogP contribution in [-0.4, -0.2) is 19.8 Å². The van der Waals surface area contributed by atoms with Crippen LogP contribution in [0.15, 0.2) is 0 Å². The monoisotopic (exact) mass is 249 g/mol. The molecule has 0 bridgehead atoms. The van der Waals surface area contributed by atoms with Crippen LogP contribution in [0.1, 0.15) is 23.7 Å². The first-order valence-corrected chi connectivity index (χ1v) is 5.31. The average molecular weight is 249 g/mol. The summed E-state index contributed by atoms with van der Waals surface area (Å²) in [7, 11) is 0. The average Bonchev–Trinajstić information content (AvgIpc) is 2.59. The van der Waals surface area contributed by atoms with Gasteiger partial charge >= 0.3 is 6.18 Å². The highest BCUT2D eigenvalue weighted by atomic mass is 32.1. The van der Waals surface area contributed by atoms with E-state index in [9.17, 15) is 13.2 Å². The Morgan fingerprint density at radius 1 is 1.31 bits per heavy atom. The van der Waals surface area contributed by atoms with Gasteiger partial charge in [-0.05, 0) is 12.8 Å². The van der Waals surface area contributed by atoms with Crippen LogP contribution in [0.4, 0.5) is 13.2 Å². The third-order valence-corrected chi connectivity index (χ3v) is 3.58. The molecule has 2 aromatic heterocycles. The molecular formula is C7H6F3N5S. The SMILES string of the molecule is NC1(c2nn3c(C(F)(F)F)nnc3s2)CC1. The van der Waals surface area contributed by atoms with E-state index in [1.165, 1.54) is 0 Å². The van der Waals surface area contributed by atoms with Crippen molar-refractivity contribution in [3.63, 3.8) is 0 Å². The Morgan fingerprint density at radius 3 is 2.56 bits per heavy atom. The zero-order valence-electron chi connectivity index (χ0n) is 7.82. The number of nitrogens with two attached hydrogens (primary N) is 1. The van der Waals surface area contributed by atoms with E-state index in [1.807, 2.05) is 0 Å². The predicted molar refractivity (Wildman–Crippen MR) is 48.8 cm³/mol. The molecule has 1 saturated carbocycles. The highest BCUT2D eigenvalue weighted by Crippen LogP contribution is 2.44. The first-order valence-electron chi connectivity index (χ1n) is 4.49. The second-order valence-corrected chi connectivity index (χ2v) is 4.74.